The Morgan fingerprint density at radius 3 is 2.62 bits per heavy atom. The lowest BCUT2D eigenvalue weighted by Gasteiger charge is -2.42. The van der Waals surface area contributed by atoms with Crippen molar-refractivity contribution in [3.05, 3.63) is 12.7 Å². The molecule has 3 fully saturated rings. The van der Waals surface area contributed by atoms with Gasteiger partial charge in [-0.2, -0.15) is 0 Å². The lowest BCUT2D eigenvalue weighted by Crippen LogP contribution is -2.59. The summed E-state index contributed by atoms with van der Waals surface area (Å²) >= 11 is 0. The number of nitrogens with zero attached hydrogens (tertiary/aromatic N) is 2. The van der Waals surface area contributed by atoms with E-state index in [0.717, 1.165) is 0 Å². The van der Waals surface area contributed by atoms with Crippen LogP contribution in [0.3, 0.4) is 0 Å². The monoisotopic (exact) mass is 408 g/mol. The van der Waals surface area contributed by atoms with Gasteiger partial charge >= 0.3 is 5.97 Å². The van der Waals surface area contributed by atoms with Gasteiger partial charge in [0.2, 0.25) is 11.8 Å². The highest BCUT2D eigenvalue weighted by atomic mass is 16.5. The lowest BCUT2D eigenvalue weighted by molar-refractivity contribution is -0.152. The van der Waals surface area contributed by atoms with Gasteiger partial charge in [0.1, 0.15) is 11.6 Å². The Hall–Kier alpha value is -1.93. The maximum Gasteiger partial charge on any atom is 0.310 e. The number of carboxylic acid groups (broad SMARTS) is 1. The zero-order valence-corrected chi connectivity index (χ0v) is 17.5. The predicted molar refractivity (Wildman–Crippen MR) is 105 cm³/mol. The first kappa shape index (κ1) is 21.8. The summed E-state index contributed by atoms with van der Waals surface area (Å²) in [7, 11) is 0. The van der Waals surface area contributed by atoms with Crippen LogP contribution in [0.25, 0.3) is 0 Å². The third kappa shape index (κ3) is 3.36. The predicted octanol–water partition coefficient (Wildman–Crippen LogP) is 1.03. The van der Waals surface area contributed by atoms with Crippen molar-refractivity contribution in [2.24, 2.45) is 11.8 Å². The lowest BCUT2D eigenvalue weighted by atomic mass is 9.70. The summed E-state index contributed by atoms with van der Waals surface area (Å²) in [4.78, 5) is 42.3. The molecule has 2 amide bonds. The summed E-state index contributed by atoms with van der Waals surface area (Å²) in [5, 5.41) is 18.9. The van der Waals surface area contributed by atoms with E-state index in [2.05, 4.69) is 6.58 Å². The highest BCUT2D eigenvalue weighted by molar-refractivity contribution is 5.98. The van der Waals surface area contributed by atoms with E-state index in [1.54, 1.807) is 11.0 Å². The van der Waals surface area contributed by atoms with Crippen molar-refractivity contribution in [2.45, 2.75) is 69.7 Å². The Morgan fingerprint density at radius 2 is 2.07 bits per heavy atom. The first-order chi connectivity index (χ1) is 13.6. The van der Waals surface area contributed by atoms with Gasteiger partial charge in [-0.05, 0) is 46.5 Å². The molecule has 2 bridgehead atoms. The molecular weight excluding hydrogens is 376 g/mol. The molecule has 0 radical (unpaired) electrons. The van der Waals surface area contributed by atoms with E-state index < -0.39 is 41.1 Å². The van der Waals surface area contributed by atoms with E-state index in [9.17, 15) is 19.5 Å². The van der Waals surface area contributed by atoms with Gasteiger partial charge in [-0.1, -0.05) is 6.08 Å². The number of carbonyl (C=O) groups excluding carboxylic acids is 2. The van der Waals surface area contributed by atoms with E-state index in [4.69, 9.17) is 9.84 Å². The number of aliphatic carboxylic acids is 1. The van der Waals surface area contributed by atoms with Crippen molar-refractivity contribution in [3.8, 4) is 0 Å². The molecule has 8 nitrogen and oxygen atoms in total. The number of carboxylic acids is 1. The number of rotatable bonds is 8. The number of ether oxygens (including phenoxy) is 1. The second-order valence-corrected chi connectivity index (χ2v) is 9.26. The molecule has 3 heterocycles. The number of hydrogen-bond acceptors (Lipinski definition) is 5. The van der Waals surface area contributed by atoms with Gasteiger partial charge in [-0.3, -0.25) is 14.4 Å². The number of likely N-dealkylation sites (tertiary alicyclic amines) is 1. The van der Waals surface area contributed by atoms with Gasteiger partial charge in [0.15, 0.2) is 0 Å². The number of amides is 2. The van der Waals surface area contributed by atoms with E-state index in [1.165, 1.54) is 4.90 Å². The molecule has 3 saturated heterocycles. The standard InChI is InChI=1S/C21H32N2O6/c1-5-10-23(20(2,3)4)18(26)16-21-9-8-13(29-21)14(19(27)28)15(21)17(25)22(16)11-6-7-12-24/h5,13-16,24H,1,6-12H2,2-4H3,(H,27,28)/t13-,14+,15+,16?,21?/m1/s1. The van der Waals surface area contributed by atoms with Gasteiger partial charge in [-0.15, -0.1) is 6.58 Å². The molecule has 3 rings (SSSR count). The van der Waals surface area contributed by atoms with Crippen LogP contribution in [0.2, 0.25) is 0 Å². The van der Waals surface area contributed by atoms with Crippen LogP contribution in [0.4, 0.5) is 0 Å². The number of hydrogen-bond donors (Lipinski definition) is 2. The molecule has 3 aliphatic heterocycles. The van der Waals surface area contributed by atoms with Crippen molar-refractivity contribution >= 4 is 17.8 Å². The summed E-state index contributed by atoms with van der Waals surface area (Å²) in [6, 6.07) is -0.854. The van der Waals surface area contributed by atoms with E-state index >= 15 is 0 Å². The molecule has 3 aliphatic rings. The van der Waals surface area contributed by atoms with Crippen LogP contribution in [0.15, 0.2) is 12.7 Å². The van der Waals surface area contributed by atoms with Crippen LogP contribution in [-0.4, -0.2) is 80.8 Å². The molecule has 0 aromatic heterocycles. The van der Waals surface area contributed by atoms with E-state index in [1.807, 2.05) is 20.8 Å². The second-order valence-electron chi connectivity index (χ2n) is 9.26. The molecule has 2 unspecified atom stereocenters. The summed E-state index contributed by atoms with van der Waals surface area (Å²) in [5.41, 5.74) is -1.59. The Morgan fingerprint density at radius 1 is 1.38 bits per heavy atom. The number of fused-ring (bicyclic) bond motifs is 1. The minimum Gasteiger partial charge on any atom is -0.481 e. The summed E-state index contributed by atoms with van der Waals surface area (Å²) < 4.78 is 6.17. The summed E-state index contributed by atoms with van der Waals surface area (Å²) in [5.74, 6) is -3.35. The van der Waals surface area contributed by atoms with Crippen molar-refractivity contribution in [1.29, 1.82) is 0 Å². The van der Waals surface area contributed by atoms with Crippen LogP contribution in [0, 0.1) is 11.8 Å². The van der Waals surface area contributed by atoms with Crippen molar-refractivity contribution in [2.75, 3.05) is 19.7 Å². The van der Waals surface area contributed by atoms with Gasteiger partial charge in [-0.25, -0.2) is 0 Å². The Balaban J connectivity index is 2.03. The Bertz CT molecular complexity index is 702. The van der Waals surface area contributed by atoms with Gasteiger partial charge in [0.25, 0.3) is 0 Å². The minimum absolute atomic E-state index is 0.00385. The minimum atomic E-state index is -1.09. The SMILES string of the molecule is C=CCN(C(=O)C1N(CCCCO)C(=O)[C@@H]2[C@@H](C(=O)O)[C@H]3CCC12O3)C(C)(C)C. The molecule has 0 saturated carbocycles. The molecule has 8 heteroatoms. The smallest absolute Gasteiger partial charge is 0.310 e. The number of carbonyl (C=O) groups is 3. The molecular formula is C21H32N2O6. The van der Waals surface area contributed by atoms with E-state index in [0.29, 0.717) is 38.8 Å². The fraction of sp³-hybridized carbons (Fsp3) is 0.762. The highest BCUT2D eigenvalue weighted by Crippen LogP contribution is 2.58. The van der Waals surface area contributed by atoms with Crippen molar-refractivity contribution < 1.29 is 29.3 Å². The Kier molecular flexibility index (Phi) is 5.80. The largest absolute Gasteiger partial charge is 0.481 e. The van der Waals surface area contributed by atoms with Crippen LogP contribution >= 0.6 is 0 Å². The average molecular weight is 408 g/mol. The molecule has 5 atom stereocenters. The Labute approximate surface area is 171 Å². The highest BCUT2D eigenvalue weighted by Gasteiger charge is 2.74. The molecule has 0 aromatic carbocycles. The number of aliphatic hydroxyl groups is 1. The molecule has 0 aliphatic carbocycles. The molecule has 29 heavy (non-hydrogen) atoms. The third-order valence-electron chi connectivity index (χ3n) is 6.51. The van der Waals surface area contributed by atoms with Gasteiger partial charge < -0.3 is 24.7 Å². The molecule has 0 aromatic rings. The fourth-order valence-electron chi connectivity index (χ4n) is 5.32. The topological polar surface area (TPSA) is 107 Å². The van der Waals surface area contributed by atoms with Crippen LogP contribution in [0.5, 0.6) is 0 Å². The molecule has 1 spiro atoms. The van der Waals surface area contributed by atoms with Crippen molar-refractivity contribution in [1.82, 2.24) is 9.80 Å². The molecule has 162 valence electrons. The zero-order valence-electron chi connectivity index (χ0n) is 17.5. The van der Waals surface area contributed by atoms with E-state index in [-0.39, 0.29) is 18.4 Å². The van der Waals surface area contributed by atoms with Gasteiger partial charge in [0.05, 0.1) is 17.9 Å². The molecule has 2 N–H and O–H groups in total. The maximum absolute atomic E-state index is 13.8. The number of aliphatic hydroxyl groups excluding tert-OH is 1. The van der Waals surface area contributed by atoms with Crippen LogP contribution in [-0.2, 0) is 19.1 Å². The van der Waals surface area contributed by atoms with Crippen molar-refractivity contribution in [3.63, 3.8) is 0 Å². The first-order valence-corrected chi connectivity index (χ1v) is 10.3. The van der Waals surface area contributed by atoms with Crippen LogP contribution < -0.4 is 0 Å². The first-order valence-electron chi connectivity index (χ1n) is 10.3. The quantitative estimate of drug-likeness (QED) is 0.459. The maximum atomic E-state index is 13.8. The third-order valence-corrected chi connectivity index (χ3v) is 6.51. The van der Waals surface area contributed by atoms with Gasteiger partial charge in [0, 0.05) is 25.2 Å². The number of unbranched alkanes of at least 4 members (excludes halogenated alkanes) is 1. The summed E-state index contributed by atoms with van der Waals surface area (Å²) in [6.07, 6.45) is 3.19. The second kappa shape index (κ2) is 7.72. The average Bonchev–Trinajstić information content (AvgIpc) is 3.26. The summed E-state index contributed by atoms with van der Waals surface area (Å²) in [6.45, 7) is 10.1. The van der Waals surface area contributed by atoms with Crippen LogP contribution in [0.1, 0.15) is 46.5 Å². The fourth-order valence-corrected chi connectivity index (χ4v) is 5.32. The zero-order chi connectivity index (χ0) is 21.6. The normalized spacial score (nSPS) is 33.1.